The highest BCUT2D eigenvalue weighted by Gasteiger charge is 2.28. The van der Waals surface area contributed by atoms with Gasteiger partial charge in [0.2, 0.25) is 0 Å². The van der Waals surface area contributed by atoms with Crippen molar-refractivity contribution in [3.05, 3.63) is 54.4 Å². The van der Waals surface area contributed by atoms with Crippen LogP contribution in [0.2, 0.25) is 0 Å². The van der Waals surface area contributed by atoms with Gasteiger partial charge in [-0.05, 0) is 30.4 Å². The highest BCUT2D eigenvalue weighted by molar-refractivity contribution is 6.02. The second-order valence-electron chi connectivity index (χ2n) is 6.73. The Bertz CT molecular complexity index is 1060. The molecule has 0 saturated carbocycles. The number of aromatic amines is 2. The predicted molar refractivity (Wildman–Crippen MR) is 97.9 cm³/mol. The van der Waals surface area contributed by atoms with E-state index in [2.05, 4.69) is 43.1 Å². The van der Waals surface area contributed by atoms with Crippen LogP contribution >= 0.6 is 0 Å². The third-order valence-corrected chi connectivity index (χ3v) is 5.12. The summed E-state index contributed by atoms with van der Waals surface area (Å²) in [6, 6.07) is 10.5. The molecule has 3 aromatic heterocycles. The van der Waals surface area contributed by atoms with Crippen molar-refractivity contribution >= 4 is 28.0 Å². The highest BCUT2D eigenvalue weighted by Crippen LogP contribution is 2.29. The summed E-state index contributed by atoms with van der Waals surface area (Å²) in [5, 5.41) is 1.21. The average molecular weight is 346 g/mol. The van der Waals surface area contributed by atoms with Gasteiger partial charge in [0.1, 0.15) is 11.8 Å². The van der Waals surface area contributed by atoms with E-state index >= 15 is 0 Å². The standard InChI is InChI=1S/C19H18N6O/c26-19(17-16-18(22-10-20-16)23-11-21-17)25-7-3-5-13(9-25)15-8-12-4-1-2-6-14(12)24-15/h1-2,4,6,8,10-11,13,24H,3,5,7,9H2,(H,20,21,22,23). The van der Waals surface area contributed by atoms with E-state index in [0.29, 0.717) is 29.3 Å². The number of nitrogens with zero attached hydrogens (tertiary/aromatic N) is 4. The smallest absolute Gasteiger partial charge is 0.274 e. The van der Waals surface area contributed by atoms with Gasteiger partial charge in [-0.1, -0.05) is 18.2 Å². The van der Waals surface area contributed by atoms with Crippen molar-refractivity contribution in [2.45, 2.75) is 18.8 Å². The van der Waals surface area contributed by atoms with Crippen LogP contribution in [0, 0.1) is 0 Å². The summed E-state index contributed by atoms with van der Waals surface area (Å²) in [5.74, 6) is 0.238. The molecule has 1 amide bonds. The molecule has 0 radical (unpaired) electrons. The van der Waals surface area contributed by atoms with E-state index in [1.54, 1.807) is 6.33 Å². The molecule has 0 aliphatic carbocycles. The van der Waals surface area contributed by atoms with Crippen molar-refractivity contribution in [3.63, 3.8) is 0 Å². The molecule has 7 heteroatoms. The van der Waals surface area contributed by atoms with Crippen LogP contribution in [0.4, 0.5) is 0 Å². The van der Waals surface area contributed by atoms with Gasteiger partial charge in [-0.15, -0.1) is 0 Å². The maximum absolute atomic E-state index is 13.0. The van der Waals surface area contributed by atoms with E-state index in [1.165, 1.54) is 17.4 Å². The lowest BCUT2D eigenvalue weighted by Crippen LogP contribution is -2.39. The Kier molecular flexibility index (Phi) is 3.44. The van der Waals surface area contributed by atoms with Gasteiger partial charge < -0.3 is 14.9 Å². The molecule has 2 N–H and O–H groups in total. The minimum Gasteiger partial charge on any atom is -0.358 e. The summed E-state index contributed by atoms with van der Waals surface area (Å²) in [6.07, 6.45) is 4.98. The fourth-order valence-corrected chi connectivity index (χ4v) is 3.81. The lowest BCUT2D eigenvalue weighted by molar-refractivity contribution is 0.0702. The summed E-state index contributed by atoms with van der Waals surface area (Å²) < 4.78 is 0. The highest BCUT2D eigenvalue weighted by atomic mass is 16.2. The maximum Gasteiger partial charge on any atom is 0.274 e. The molecule has 1 saturated heterocycles. The van der Waals surface area contributed by atoms with Gasteiger partial charge in [-0.3, -0.25) is 4.79 Å². The first-order valence-corrected chi connectivity index (χ1v) is 8.80. The number of carbonyl (C=O) groups is 1. The number of benzene rings is 1. The topological polar surface area (TPSA) is 90.6 Å². The van der Waals surface area contributed by atoms with Crippen LogP contribution < -0.4 is 0 Å². The van der Waals surface area contributed by atoms with Crippen molar-refractivity contribution in [2.24, 2.45) is 0 Å². The van der Waals surface area contributed by atoms with Crippen LogP contribution in [-0.2, 0) is 0 Å². The number of hydrogen-bond acceptors (Lipinski definition) is 4. The number of H-pyrrole nitrogens is 2. The molecular weight excluding hydrogens is 328 g/mol. The second-order valence-corrected chi connectivity index (χ2v) is 6.73. The summed E-state index contributed by atoms with van der Waals surface area (Å²) >= 11 is 0. The molecule has 1 fully saturated rings. The number of piperidine rings is 1. The molecule has 130 valence electrons. The van der Waals surface area contributed by atoms with Gasteiger partial charge in [0.05, 0.1) is 6.33 Å². The Morgan fingerprint density at radius 2 is 2.12 bits per heavy atom. The van der Waals surface area contributed by atoms with E-state index in [-0.39, 0.29) is 5.91 Å². The van der Waals surface area contributed by atoms with E-state index in [9.17, 15) is 4.79 Å². The minimum absolute atomic E-state index is 0.0672. The van der Waals surface area contributed by atoms with Crippen molar-refractivity contribution in [3.8, 4) is 0 Å². The van der Waals surface area contributed by atoms with Gasteiger partial charge in [-0.25, -0.2) is 15.0 Å². The summed E-state index contributed by atoms with van der Waals surface area (Å²) in [6.45, 7) is 1.43. The van der Waals surface area contributed by atoms with E-state index < -0.39 is 0 Å². The van der Waals surface area contributed by atoms with Crippen LogP contribution in [-0.4, -0.2) is 48.8 Å². The van der Waals surface area contributed by atoms with Gasteiger partial charge >= 0.3 is 0 Å². The van der Waals surface area contributed by atoms with Crippen molar-refractivity contribution in [1.82, 2.24) is 29.8 Å². The molecule has 1 atom stereocenters. The Morgan fingerprint density at radius 3 is 3.04 bits per heavy atom. The Hall–Kier alpha value is -3.22. The molecule has 26 heavy (non-hydrogen) atoms. The fourth-order valence-electron chi connectivity index (χ4n) is 3.81. The SMILES string of the molecule is O=C(c1ncnc2nc[nH]c12)N1CCCC(c2cc3ccccc3[nH]2)C1. The Morgan fingerprint density at radius 1 is 1.19 bits per heavy atom. The molecular formula is C19H18N6O. The van der Waals surface area contributed by atoms with Crippen molar-refractivity contribution in [1.29, 1.82) is 0 Å². The number of aromatic nitrogens is 5. The molecule has 7 nitrogen and oxygen atoms in total. The lowest BCUT2D eigenvalue weighted by Gasteiger charge is -2.32. The molecule has 1 aromatic carbocycles. The molecule has 0 spiro atoms. The third kappa shape index (κ3) is 2.44. The summed E-state index contributed by atoms with van der Waals surface area (Å²) in [7, 11) is 0. The first kappa shape index (κ1) is 15.1. The van der Waals surface area contributed by atoms with E-state index in [4.69, 9.17) is 0 Å². The third-order valence-electron chi connectivity index (χ3n) is 5.12. The van der Waals surface area contributed by atoms with Crippen molar-refractivity contribution in [2.75, 3.05) is 13.1 Å². The van der Waals surface area contributed by atoms with Gasteiger partial charge in [-0.2, -0.15) is 0 Å². The van der Waals surface area contributed by atoms with E-state index in [1.807, 2.05) is 17.0 Å². The number of hydrogen-bond donors (Lipinski definition) is 2. The van der Waals surface area contributed by atoms with Crippen LogP contribution in [0.25, 0.3) is 22.1 Å². The van der Waals surface area contributed by atoms with Crippen LogP contribution in [0.3, 0.4) is 0 Å². The number of carbonyl (C=O) groups excluding carboxylic acids is 1. The average Bonchev–Trinajstić information content (AvgIpc) is 3.34. The molecule has 1 aliphatic rings. The van der Waals surface area contributed by atoms with Gasteiger partial charge in [0.15, 0.2) is 11.3 Å². The molecule has 5 rings (SSSR count). The molecule has 1 unspecified atom stereocenters. The summed E-state index contributed by atoms with van der Waals surface area (Å²) in [4.78, 5) is 33.8. The number of rotatable bonds is 2. The van der Waals surface area contributed by atoms with Gasteiger partial charge in [0, 0.05) is 30.2 Å². The maximum atomic E-state index is 13.0. The second kappa shape index (κ2) is 5.94. The van der Waals surface area contributed by atoms with Crippen molar-refractivity contribution < 1.29 is 4.79 Å². The zero-order valence-corrected chi connectivity index (χ0v) is 14.1. The fraction of sp³-hybridized carbons (Fsp3) is 0.263. The largest absolute Gasteiger partial charge is 0.358 e. The normalized spacial score (nSPS) is 17.8. The Labute approximate surface area is 149 Å². The van der Waals surface area contributed by atoms with Gasteiger partial charge in [0.25, 0.3) is 5.91 Å². The van der Waals surface area contributed by atoms with Crippen LogP contribution in [0.1, 0.15) is 34.9 Å². The number of para-hydroxylation sites is 1. The first-order valence-electron chi connectivity index (χ1n) is 8.80. The number of likely N-dealkylation sites (tertiary alicyclic amines) is 1. The monoisotopic (exact) mass is 346 g/mol. The van der Waals surface area contributed by atoms with Crippen LogP contribution in [0.15, 0.2) is 43.0 Å². The Balaban J connectivity index is 1.43. The minimum atomic E-state index is -0.0672. The van der Waals surface area contributed by atoms with E-state index in [0.717, 1.165) is 24.9 Å². The van der Waals surface area contributed by atoms with Crippen LogP contribution in [0.5, 0.6) is 0 Å². The molecule has 4 aromatic rings. The predicted octanol–water partition coefficient (Wildman–Crippen LogP) is 2.85. The number of amides is 1. The number of fused-ring (bicyclic) bond motifs is 2. The quantitative estimate of drug-likeness (QED) is 0.584. The zero-order valence-electron chi connectivity index (χ0n) is 14.1. The molecule has 0 bridgehead atoms. The number of nitrogens with one attached hydrogen (secondary N) is 2. The molecule has 4 heterocycles. The molecule has 1 aliphatic heterocycles. The zero-order chi connectivity index (χ0) is 17.5. The number of imidazole rings is 1. The first-order chi connectivity index (χ1) is 12.8. The summed E-state index contributed by atoms with van der Waals surface area (Å²) in [5.41, 5.74) is 3.85. The lowest BCUT2D eigenvalue weighted by atomic mass is 9.94.